The maximum atomic E-state index is 13.8. The fourth-order valence-corrected chi connectivity index (χ4v) is 4.09. The Kier molecular flexibility index (Phi) is 8.97. The molecule has 0 aromatic heterocycles. The number of alkyl halides is 3. The van der Waals surface area contributed by atoms with E-state index in [1.165, 1.54) is 14.0 Å². The van der Waals surface area contributed by atoms with Crippen LogP contribution in [0.5, 0.6) is 0 Å². The number of ether oxygens (including phenoxy) is 1. The lowest BCUT2D eigenvalue weighted by Crippen LogP contribution is -2.39. The minimum absolute atomic E-state index is 0.201. The van der Waals surface area contributed by atoms with Crippen LogP contribution >= 0.6 is 0 Å². The van der Waals surface area contributed by atoms with Gasteiger partial charge in [-0.15, -0.1) is 0 Å². The molecule has 0 spiro atoms. The fourth-order valence-electron chi connectivity index (χ4n) is 4.09. The van der Waals surface area contributed by atoms with Crippen LogP contribution < -0.4 is 5.32 Å². The van der Waals surface area contributed by atoms with E-state index in [0.29, 0.717) is 29.8 Å². The molecule has 1 atom stereocenters. The molecular formula is C29H31F3N2O3. The lowest BCUT2D eigenvalue weighted by Gasteiger charge is -2.24. The van der Waals surface area contributed by atoms with Crippen LogP contribution in [0.4, 0.5) is 18.0 Å². The monoisotopic (exact) mass is 512 g/mol. The van der Waals surface area contributed by atoms with Gasteiger partial charge in [-0.05, 0) is 60.7 Å². The maximum absolute atomic E-state index is 13.8. The van der Waals surface area contributed by atoms with Crippen molar-refractivity contribution in [3.8, 4) is 11.1 Å². The van der Waals surface area contributed by atoms with E-state index in [9.17, 15) is 22.8 Å². The minimum atomic E-state index is -4.60. The third-order valence-electron chi connectivity index (χ3n) is 6.23. The maximum Gasteiger partial charge on any atom is 0.416 e. The molecule has 0 aliphatic heterocycles. The zero-order valence-electron chi connectivity index (χ0n) is 21.4. The molecule has 3 aromatic carbocycles. The number of benzene rings is 3. The van der Waals surface area contributed by atoms with Crippen molar-refractivity contribution in [3.05, 3.63) is 94.5 Å². The van der Waals surface area contributed by atoms with Crippen molar-refractivity contribution in [1.29, 1.82) is 0 Å². The second-order valence-corrected chi connectivity index (χ2v) is 8.91. The van der Waals surface area contributed by atoms with Gasteiger partial charge in [0.15, 0.2) is 0 Å². The molecule has 196 valence electrons. The summed E-state index contributed by atoms with van der Waals surface area (Å²) in [7, 11) is 1.20. The first kappa shape index (κ1) is 27.8. The Morgan fingerprint density at radius 2 is 1.73 bits per heavy atom. The molecule has 0 fully saturated rings. The Labute approximate surface area is 215 Å². The number of hydrogen-bond donors (Lipinski definition) is 1. The van der Waals surface area contributed by atoms with Crippen LogP contribution in [0.15, 0.2) is 66.7 Å². The number of methoxy groups -OCH3 is 1. The second kappa shape index (κ2) is 12.0. The molecular weight excluding hydrogens is 481 g/mol. The summed E-state index contributed by atoms with van der Waals surface area (Å²) in [5.74, 6) is -1.50. The number of rotatable bonds is 8. The van der Waals surface area contributed by atoms with Crippen molar-refractivity contribution < 1.29 is 27.5 Å². The van der Waals surface area contributed by atoms with Crippen molar-refractivity contribution in [2.45, 2.75) is 46.0 Å². The molecule has 0 heterocycles. The zero-order chi connectivity index (χ0) is 27.2. The molecule has 0 aliphatic rings. The molecule has 8 heteroatoms. The van der Waals surface area contributed by atoms with Crippen LogP contribution in [-0.4, -0.2) is 30.6 Å². The number of nitrogens with one attached hydrogen (secondary N) is 1. The summed E-state index contributed by atoms with van der Waals surface area (Å²) in [6.07, 6.45) is -4.60. The third-order valence-corrected chi connectivity index (χ3v) is 6.23. The van der Waals surface area contributed by atoms with Crippen LogP contribution in [0.2, 0.25) is 0 Å². The molecule has 0 bridgehead atoms. The number of urea groups is 1. The number of halogens is 3. The predicted molar refractivity (Wildman–Crippen MR) is 137 cm³/mol. The highest BCUT2D eigenvalue weighted by molar-refractivity contribution is 5.79. The number of nitrogens with zero attached hydrogens (tertiary/aromatic N) is 1. The SMILES string of the molecule is CCN(Cc1cc(C)ccc1-c1cc([C@@H](C)C(=O)OC)cc(C(F)(F)F)c1)C(=O)NCc1ccccc1. The molecule has 0 unspecified atom stereocenters. The van der Waals surface area contributed by atoms with Gasteiger partial charge >= 0.3 is 18.2 Å². The van der Waals surface area contributed by atoms with Crippen molar-refractivity contribution in [1.82, 2.24) is 10.2 Å². The van der Waals surface area contributed by atoms with Gasteiger partial charge in [0.2, 0.25) is 0 Å². The molecule has 2 amide bonds. The van der Waals surface area contributed by atoms with Crippen molar-refractivity contribution in [2.24, 2.45) is 0 Å². The molecule has 3 rings (SSSR count). The lowest BCUT2D eigenvalue weighted by atomic mass is 9.91. The van der Waals surface area contributed by atoms with Crippen LogP contribution in [-0.2, 0) is 28.8 Å². The summed E-state index contributed by atoms with van der Waals surface area (Å²) < 4.78 is 46.1. The number of esters is 1. The Morgan fingerprint density at radius 3 is 2.35 bits per heavy atom. The number of carbonyl (C=O) groups is 2. The van der Waals surface area contributed by atoms with Crippen molar-refractivity contribution in [3.63, 3.8) is 0 Å². The van der Waals surface area contributed by atoms with E-state index in [2.05, 4.69) is 5.32 Å². The van der Waals surface area contributed by atoms with Gasteiger partial charge in [-0.1, -0.05) is 60.2 Å². The highest BCUT2D eigenvalue weighted by atomic mass is 19.4. The smallest absolute Gasteiger partial charge is 0.416 e. The number of carbonyl (C=O) groups excluding carboxylic acids is 2. The van der Waals surface area contributed by atoms with Gasteiger partial charge in [0.25, 0.3) is 0 Å². The molecule has 5 nitrogen and oxygen atoms in total. The number of hydrogen-bond acceptors (Lipinski definition) is 3. The largest absolute Gasteiger partial charge is 0.469 e. The van der Waals surface area contributed by atoms with Crippen LogP contribution in [0.25, 0.3) is 11.1 Å². The average molecular weight is 513 g/mol. The van der Waals surface area contributed by atoms with E-state index in [1.54, 1.807) is 17.0 Å². The van der Waals surface area contributed by atoms with Gasteiger partial charge in [-0.2, -0.15) is 13.2 Å². The summed E-state index contributed by atoms with van der Waals surface area (Å²) in [6, 6.07) is 18.3. The second-order valence-electron chi connectivity index (χ2n) is 8.91. The van der Waals surface area contributed by atoms with E-state index < -0.39 is 23.6 Å². The van der Waals surface area contributed by atoms with Crippen LogP contribution in [0.1, 0.15) is 47.6 Å². The molecule has 37 heavy (non-hydrogen) atoms. The van der Waals surface area contributed by atoms with E-state index >= 15 is 0 Å². The predicted octanol–water partition coefficient (Wildman–Crippen LogP) is 6.69. The van der Waals surface area contributed by atoms with E-state index in [1.807, 2.05) is 56.3 Å². The zero-order valence-corrected chi connectivity index (χ0v) is 21.4. The van der Waals surface area contributed by atoms with Crippen LogP contribution in [0, 0.1) is 6.92 Å². The molecule has 1 N–H and O–H groups in total. The minimum Gasteiger partial charge on any atom is -0.469 e. The summed E-state index contributed by atoms with van der Waals surface area (Å²) in [5, 5.41) is 2.90. The van der Waals surface area contributed by atoms with Crippen LogP contribution in [0.3, 0.4) is 0 Å². The Hall–Kier alpha value is -3.81. The summed E-state index contributed by atoms with van der Waals surface area (Å²) >= 11 is 0. The van der Waals surface area contributed by atoms with E-state index in [0.717, 1.165) is 23.3 Å². The van der Waals surface area contributed by atoms with E-state index in [4.69, 9.17) is 4.74 Å². The molecule has 0 radical (unpaired) electrons. The standard InChI is InChI=1S/C29H31F3N2O3/c1-5-34(28(36)33-17-21-9-7-6-8-10-21)18-24-13-19(2)11-12-26(24)23-14-22(20(3)27(35)37-4)15-25(16-23)29(30,31)32/h6-16,20H,5,17-18H2,1-4H3,(H,33,36)/t20-/m1/s1. The first-order chi connectivity index (χ1) is 17.5. The number of aryl methyl sites for hydroxylation is 1. The molecule has 0 saturated carbocycles. The van der Waals surface area contributed by atoms with Gasteiger partial charge in [0, 0.05) is 19.6 Å². The quantitative estimate of drug-likeness (QED) is 0.342. The third kappa shape index (κ3) is 7.12. The molecule has 0 aliphatic carbocycles. The Balaban J connectivity index is 1.97. The van der Waals surface area contributed by atoms with E-state index in [-0.39, 0.29) is 18.1 Å². The van der Waals surface area contributed by atoms with Crippen molar-refractivity contribution in [2.75, 3.05) is 13.7 Å². The highest BCUT2D eigenvalue weighted by Gasteiger charge is 2.32. The van der Waals surface area contributed by atoms with Crippen molar-refractivity contribution >= 4 is 12.0 Å². The van der Waals surface area contributed by atoms with Gasteiger partial charge in [-0.25, -0.2) is 4.79 Å². The summed E-state index contributed by atoms with van der Waals surface area (Å²) in [4.78, 5) is 26.6. The average Bonchev–Trinajstić information content (AvgIpc) is 2.89. The topological polar surface area (TPSA) is 58.6 Å². The Morgan fingerprint density at radius 1 is 1.03 bits per heavy atom. The number of amides is 2. The molecule has 0 saturated heterocycles. The highest BCUT2D eigenvalue weighted by Crippen LogP contribution is 2.37. The van der Waals surface area contributed by atoms with Gasteiger partial charge in [-0.3, -0.25) is 4.79 Å². The lowest BCUT2D eigenvalue weighted by molar-refractivity contribution is -0.142. The first-order valence-electron chi connectivity index (χ1n) is 12.0. The van der Waals surface area contributed by atoms with Gasteiger partial charge in [0.05, 0.1) is 18.6 Å². The van der Waals surface area contributed by atoms with Gasteiger partial charge in [0.1, 0.15) is 0 Å². The molecule has 3 aromatic rings. The normalized spacial score (nSPS) is 12.1. The summed E-state index contributed by atoms with van der Waals surface area (Å²) in [6.45, 7) is 6.21. The Bertz CT molecular complexity index is 1240. The first-order valence-corrected chi connectivity index (χ1v) is 12.0. The summed E-state index contributed by atoms with van der Waals surface area (Å²) in [5.41, 5.74) is 2.80. The van der Waals surface area contributed by atoms with Gasteiger partial charge < -0.3 is 15.0 Å². The fraction of sp³-hybridized carbons (Fsp3) is 0.310.